The van der Waals surface area contributed by atoms with Gasteiger partial charge in [-0.25, -0.2) is 4.98 Å². The molecule has 0 saturated heterocycles. The third-order valence-corrected chi connectivity index (χ3v) is 2.99. The van der Waals surface area contributed by atoms with Crippen molar-refractivity contribution in [3.05, 3.63) is 23.9 Å². The Morgan fingerprint density at radius 2 is 2.07 bits per heavy atom. The number of anilines is 1. The highest BCUT2D eigenvalue weighted by Gasteiger charge is 2.19. The molecule has 0 aliphatic heterocycles. The lowest BCUT2D eigenvalue weighted by molar-refractivity contribution is -0.121. The number of hydrogen-bond acceptors (Lipinski definition) is 3. The smallest absolute Gasteiger partial charge is 0.132 e. The highest BCUT2D eigenvalue weighted by Crippen LogP contribution is 2.24. The van der Waals surface area contributed by atoms with E-state index < -0.39 is 0 Å². The number of nitrogen functional groups attached to an aromatic ring is 1. The molecule has 3 heteroatoms. The van der Waals surface area contributed by atoms with Crippen molar-refractivity contribution in [2.45, 2.75) is 32.1 Å². The summed E-state index contributed by atoms with van der Waals surface area (Å²) in [5.41, 5.74) is 6.67. The van der Waals surface area contributed by atoms with Gasteiger partial charge in [-0.3, -0.25) is 4.79 Å². The average Bonchev–Trinajstić information content (AvgIpc) is 2.22. The van der Waals surface area contributed by atoms with E-state index in [0.717, 1.165) is 37.8 Å². The molecule has 0 atom stereocenters. The van der Waals surface area contributed by atoms with Crippen LogP contribution in [0.4, 0.5) is 5.82 Å². The zero-order valence-electron chi connectivity index (χ0n) is 8.78. The summed E-state index contributed by atoms with van der Waals surface area (Å²) < 4.78 is 0. The van der Waals surface area contributed by atoms with Crippen LogP contribution in [-0.2, 0) is 11.2 Å². The van der Waals surface area contributed by atoms with E-state index in [1.54, 1.807) is 6.07 Å². The first-order valence-corrected chi connectivity index (χ1v) is 5.47. The second-order valence-electron chi connectivity index (χ2n) is 4.24. The summed E-state index contributed by atoms with van der Waals surface area (Å²) in [5.74, 6) is 1.60. The van der Waals surface area contributed by atoms with Gasteiger partial charge in [0.1, 0.15) is 11.6 Å². The van der Waals surface area contributed by atoms with Crippen molar-refractivity contribution in [3.8, 4) is 0 Å². The van der Waals surface area contributed by atoms with Crippen LogP contribution in [0, 0.1) is 5.92 Å². The van der Waals surface area contributed by atoms with Crippen molar-refractivity contribution < 1.29 is 4.79 Å². The van der Waals surface area contributed by atoms with E-state index in [9.17, 15) is 4.79 Å². The quantitative estimate of drug-likeness (QED) is 0.801. The minimum atomic E-state index is 0.409. The predicted octanol–water partition coefficient (Wildman–Crippen LogP) is 1.97. The maximum absolute atomic E-state index is 11.1. The molecule has 1 saturated carbocycles. The van der Waals surface area contributed by atoms with E-state index in [4.69, 9.17) is 5.73 Å². The first kappa shape index (κ1) is 10.1. The lowest BCUT2D eigenvalue weighted by Crippen LogP contribution is -2.16. The number of hydrogen-bond donors (Lipinski definition) is 1. The fraction of sp³-hybridized carbons (Fsp3) is 0.500. The van der Waals surface area contributed by atoms with E-state index in [1.165, 1.54) is 0 Å². The number of rotatable bonds is 2. The van der Waals surface area contributed by atoms with Crippen molar-refractivity contribution >= 4 is 11.6 Å². The molecule has 80 valence electrons. The zero-order valence-corrected chi connectivity index (χ0v) is 8.78. The summed E-state index contributed by atoms with van der Waals surface area (Å²) in [6.07, 6.45) is 4.46. The zero-order chi connectivity index (χ0) is 10.7. The van der Waals surface area contributed by atoms with Crippen LogP contribution in [0.25, 0.3) is 0 Å². The minimum absolute atomic E-state index is 0.409. The van der Waals surface area contributed by atoms with E-state index in [0.29, 0.717) is 17.5 Å². The molecule has 15 heavy (non-hydrogen) atoms. The standard InChI is InChI=1S/C12H16N2O/c13-12-3-1-2-10(14-12)8-9-4-6-11(15)7-5-9/h1-3,9H,4-8H2,(H2,13,14). The lowest BCUT2D eigenvalue weighted by atomic mass is 9.85. The number of Topliss-reactive ketones (excluding diaryl/α,β-unsaturated/α-hetero) is 1. The van der Waals surface area contributed by atoms with Gasteiger partial charge in [-0.05, 0) is 37.3 Å². The summed E-state index contributed by atoms with van der Waals surface area (Å²) in [7, 11) is 0. The van der Waals surface area contributed by atoms with Gasteiger partial charge in [-0.1, -0.05) is 6.07 Å². The van der Waals surface area contributed by atoms with Crippen LogP contribution in [0.2, 0.25) is 0 Å². The first-order chi connectivity index (χ1) is 7.24. The maximum Gasteiger partial charge on any atom is 0.132 e. The number of ketones is 1. The molecule has 1 aromatic heterocycles. The molecule has 3 nitrogen and oxygen atoms in total. The normalized spacial score (nSPS) is 18.0. The molecule has 0 bridgehead atoms. The van der Waals surface area contributed by atoms with Gasteiger partial charge in [0.2, 0.25) is 0 Å². The van der Waals surface area contributed by atoms with Crippen molar-refractivity contribution in [1.29, 1.82) is 0 Å². The minimum Gasteiger partial charge on any atom is -0.384 e. The predicted molar refractivity (Wildman–Crippen MR) is 59.3 cm³/mol. The summed E-state index contributed by atoms with van der Waals surface area (Å²) in [6.45, 7) is 0. The molecule has 1 aliphatic carbocycles. The molecule has 0 aromatic carbocycles. The third kappa shape index (κ3) is 2.78. The molecule has 0 radical (unpaired) electrons. The highest BCUT2D eigenvalue weighted by molar-refractivity contribution is 5.79. The van der Waals surface area contributed by atoms with Crippen molar-refractivity contribution in [3.63, 3.8) is 0 Å². The Balaban J connectivity index is 1.94. The van der Waals surface area contributed by atoms with Gasteiger partial charge in [0, 0.05) is 18.5 Å². The van der Waals surface area contributed by atoms with Crippen LogP contribution in [0.5, 0.6) is 0 Å². The van der Waals surface area contributed by atoms with Crippen LogP contribution >= 0.6 is 0 Å². The number of aromatic nitrogens is 1. The number of nitrogens with two attached hydrogens (primary N) is 1. The molecule has 1 aliphatic rings. The first-order valence-electron chi connectivity index (χ1n) is 5.47. The van der Waals surface area contributed by atoms with Crippen molar-refractivity contribution in [2.75, 3.05) is 5.73 Å². The summed E-state index contributed by atoms with van der Waals surface area (Å²) in [4.78, 5) is 15.4. The summed E-state index contributed by atoms with van der Waals surface area (Å²) >= 11 is 0. The maximum atomic E-state index is 11.1. The molecule has 0 unspecified atom stereocenters. The molecule has 2 N–H and O–H groups in total. The van der Waals surface area contributed by atoms with Crippen LogP contribution in [0.3, 0.4) is 0 Å². The van der Waals surface area contributed by atoms with Gasteiger partial charge < -0.3 is 5.73 Å². The fourth-order valence-electron chi connectivity index (χ4n) is 2.11. The van der Waals surface area contributed by atoms with Gasteiger partial charge >= 0.3 is 0 Å². The molecular weight excluding hydrogens is 188 g/mol. The van der Waals surface area contributed by atoms with E-state index in [1.807, 2.05) is 12.1 Å². The molecule has 1 heterocycles. The second kappa shape index (κ2) is 4.43. The SMILES string of the molecule is Nc1cccc(CC2CCC(=O)CC2)n1. The molecule has 0 spiro atoms. The molecule has 2 rings (SSSR count). The van der Waals surface area contributed by atoms with Crippen LogP contribution < -0.4 is 5.73 Å². The summed E-state index contributed by atoms with van der Waals surface area (Å²) in [6, 6.07) is 5.74. The fourth-order valence-corrected chi connectivity index (χ4v) is 2.11. The second-order valence-corrected chi connectivity index (χ2v) is 4.24. The Kier molecular flexibility index (Phi) is 2.99. The monoisotopic (exact) mass is 204 g/mol. The third-order valence-electron chi connectivity index (χ3n) is 2.99. The van der Waals surface area contributed by atoms with Gasteiger partial charge in [0.15, 0.2) is 0 Å². The van der Waals surface area contributed by atoms with Crippen LogP contribution in [0.15, 0.2) is 18.2 Å². The topological polar surface area (TPSA) is 56.0 Å². The van der Waals surface area contributed by atoms with Gasteiger partial charge in [-0.2, -0.15) is 0 Å². The van der Waals surface area contributed by atoms with Crippen molar-refractivity contribution in [1.82, 2.24) is 4.98 Å². The van der Waals surface area contributed by atoms with Gasteiger partial charge in [-0.15, -0.1) is 0 Å². The molecular formula is C12H16N2O. The lowest BCUT2D eigenvalue weighted by Gasteiger charge is -2.20. The number of pyridine rings is 1. The molecule has 0 amide bonds. The van der Waals surface area contributed by atoms with Crippen LogP contribution in [-0.4, -0.2) is 10.8 Å². The number of nitrogens with zero attached hydrogens (tertiary/aromatic N) is 1. The van der Waals surface area contributed by atoms with E-state index in [-0.39, 0.29) is 0 Å². The van der Waals surface area contributed by atoms with E-state index >= 15 is 0 Å². The Morgan fingerprint density at radius 3 is 2.73 bits per heavy atom. The Morgan fingerprint density at radius 1 is 1.33 bits per heavy atom. The van der Waals surface area contributed by atoms with E-state index in [2.05, 4.69) is 4.98 Å². The van der Waals surface area contributed by atoms with Crippen LogP contribution in [0.1, 0.15) is 31.4 Å². The Hall–Kier alpha value is -1.38. The number of carbonyl (C=O) groups is 1. The molecule has 1 aromatic rings. The summed E-state index contributed by atoms with van der Waals surface area (Å²) in [5, 5.41) is 0. The van der Waals surface area contributed by atoms with Gasteiger partial charge in [0.25, 0.3) is 0 Å². The molecule has 1 fully saturated rings. The van der Waals surface area contributed by atoms with Crippen molar-refractivity contribution in [2.24, 2.45) is 5.92 Å². The largest absolute Gasteiger partial charge is 0.384 e. The average molecular weight is 204 g/mol. The highest BCUT2D eigenvalue weighted by atomic mass is 16.1. The Bertz CT molecular complexity index is 352. The van der Waals surface area contributed by atoms with Gasteiger partial charge in [0.05, 0.1) is 0 Å². The Labute approximate surface area is 89.7 Å². The number of carbonyl (C=O) groups excluding carboxylic acids is 1.